The van der Waals surface area contributed by atoms with Crippen LogP contribution in [0.5, 0.6) is 0 Å². The maximum atomic E-state index is 2.45. The number of nitrogens with zero attached hydrogens (tertiary/aromatic N) is 2. The minimum atomic E-state index is 1.12. The van der Waals surface area contributed by atoms with Crippen molar-refractivity contribution in [1.82, 2.24) is 0 Å². The van der Waals surface area contributed by atoms with E-state index in [9.17, 15) is 0 Å². The van der Waals surface area contributed by atoms with Crippen LogP contribution in [0.4, 0.5) is 34.1 Å². The first-order valence-electron chi connectivity index (χ1n) is 34.2. The smallest absolute Gasteiger partial charge is 0.0561 e. The molecule has 0 spiro atoms. The van der Waals surface area contributed by atoms with E-state index in [2.05, 4.69) is 386 Å². The van der Waals surface area contributed by atoms with E-state index >= 15 is 0 Å². The molecule has 2 heterocycles. The van der Waals surface area contributed by atoms with Gasteiger partial charge in [0.25, 0.3) is 0 Å². The van der Waals surface area contributed by atoms with Gasteiger partial charge in [0.15, 0.2) is 0 Å². The van der Waals surface area contributed by atoms with Crippen LogP contribution >= 0.6 is 22.7 Å². The van der Waals surface area contributed by atoms with Crippen molar-refractivity contribution in [3.8, 4) is 44.5 Å². The van der Waals surface area contributed by atoms with Crippen molar-refractivity contribution < 1.29 is 0 Å². The fourth-order valence-corrected chi connectivity index (χ4v) is 17.7. The molecule has 0 aliphatic rings. The number of hydrogen-bond donors (Lipinski definition) is 0. The molecule has 0 saturated heterocycles. The van der Waals surface area contributed by atoms with Crippen molar-refractivity contribution in [3.63, 3.8) is 0 Å². The van der Waals surface area contributed by atoms with Gasteiger partial charge in [0.2, 0.25) is 0 Å². The average molecular weight is 1310 g/mol. The summed E-state index contributed by atoms with van der Waals surface area (Å²) >= 11 is 3.78. The van der Waals surface area contributed by atoms with Gasteiger partial charge in [-0.2, -0.15) is 0 Å². The zero-order chi connectivity index (χ0) is 66.0. The van der Waals surface area contributed by atoms with E-state index in [1.54, 1.807) is 0 Å². The summed E-state index contributed by atoms with van der Waals surface area (Å²) in [5.41, 5.74) is 16.6. The van der Waals surface area contributed by atoms with Crippen molar-refractivity contribution in [2.24, 2.45) is 0 Å². The van der Waals surface area contributed by atoms with Crippen LogP contribution in [-0.2, 0) is 0 Å². The van der Waals surface area contributed by atoms with Gasteiger partial charge in [-0.25, -0.2) is 0 Å². The summed E-state index contributed by atoms with van der Waals surface area (Å²) in [5.74, 6) is 0. The molecular formula is C96H62N2S2. The summed E-state index contributed by atoms with van der Waals surface area (Å²) in [6, 6.07) is 137. The van der Waals surface area contributed by atoms with Gasteiger partial charge < -0.3 is 9.80 Å². The lowest BCUT2D eigenvalue weighted by molar-refractivity contribution is 1.30. The molecule has 20 rings (SSSR count). The highest BCUT2D eigenvalue weighted by molar-refractivity contribution is 7.27. The highest BCUT2D eigenvalue weighted by Crippen LogP contribution is 2.51. The van der Waals surface area contributed by atoms with Crippen LogP contribution in [0.1, 0.15) is 0 Å². The zero-order valence-corrected chi connectivity index (χ0v) is 56.1. The van der Waals surface area contributed by atoms with Crippen LogP contribution in [0, 0.1) is 0 Å². The second kappa shape index (κ2) is 24.9. The van der Waals surface area contributed by atoms with Gasteiger partial charge in [-0.3, -0.25) is 0 Å². The second-order valence-electron chi connectivity index (χ2n) is 25.8. The van der Waals surface area contributed by atoms with Crippen LogP contribution in [-0.4, -0.2) is 0 Å². The summed E-state index contributed by atoms with van der Waals surface area (Å²) in [7, 11) is 0. The SMILES string of the molecule is c1ccc(-c2ccc(N(c3ccc(-c4cc5ccccc5c5ccccc45)cc3)c3cc4ccccc4c4sc5ccccc5c34)cc2)cc1.c1ccc(-c2ccc(N(c3ccc(-c4ccc5c(ccc6ccccc65)c4)cc3)c3cc4ccccc4c4sc5ccccc5c34)cc2)cc1. The number of anilines is 6. The molecule has 4 heteroatoms. The number of fused-ring (bicyclic) bond motifs is 16. The van der Waals surface area contributed by atoms with Crippen molar-refractivity contribution in [1.29, 1.82) is 0 Å². The normalized spacial score (nSPS) is 11.6. The van der Waals surface area contributed by atoms with Crippen molar-refractivity contribution in [2.45, 2.75) is 0 Å². The number of benzene rings is 18. The van der Waals surface area contributed by atoms with E-state index < -0.39 is 0 Å². The molecule has 20 aromatic rings. The Kier molecular flexibility index (Phi) is 14.7. The standard InChI is InChI=1S/2C48H31NS/c1-2-12-32(13-3-1)33-22-26-37(27-23-33)49(45-31-36-15-5-7-17-40(36)48-47(45)43-20-10-11-21-46(43)50-48)38-28-24-34(25-29-38)44-30-35-14-4-6-16-39(35)41-18-8-9-19-42(41)44;1-2-10-32(11-3-1)33-20-25-39(26-21-33)49(45-31-37-13-5-7-15-43(37)48-47(45)44-16-8-9-17-46(44)50-48)40-27-22-34(23-28-40)36-24-29-42-38(30-36)19-18-35-12-4-6-14-41(35)42/h2*1-31H. The molecule has 18 aromatic carbocycles. The molecule has 0 amide bonds. The first-order valence-corrected chi connectivity index (χ1v) is 35.8. The molecular weight excluding hydrogens is 1250 g/mol. The molecule has 0 saturated carbocycles. The Bertz CT molecular complexity index is 6490. The maximum Gasteiger partial charge on any atom is 0.0561 e. The second-order valence-corrected chi connectivity index (χ2v) is 27.9. The molecule has 0 fully saturated rings. The molecule has 2 aromatic heterocycles. The third kappa shape index (κ3) is 10.4. The van der Waals surface area contributed by atoms with Gasteiger partial charge in [-0.15, -0.1) is 22.7 Å². The van der Waals surface area contributed by atoms with Crippen LogP contribution in [0.25, 0.3) is 149 Å². The minimum Gasteiger partial charge on any atom is -0.310 e. The van der Waals surface area contributed by atoms with Crippen molar-refractivity contribution >= 4 is 162 Å². The minimum absolute atomic E-state index is 1.12. The molecule has 100 heavy (non-hydrogen) atoms. The topological polar surface area (TPSA) is 6.48 Å². The first kappa shape index (κ1) is 58.9. The van der Waals surface area contributed by atoms with E-state index in [0.717, 1.165) is 22.7 Å². The number of hydrogen-bond acceptors (Lipinski definition) is 4. The third-order valence-corrected chi connectivity index (χ3v) is 22.5. The van der Waals surface area contributed by atoms with E-state index in [0.29, 0.717) is 0 Å². The Morgan fingerprint density at radius 2 is 0.490 bits per heavy atom. The Morgan fingerprint density at radius 3 is 0.970 bits per heavy atom. The van der Waals surface area contributed by atoms with Crippen LogP contribution in [0.2, 0.25) is 0 Å². The van der Waals surface area contributed by atoms with Gasteiger partial charge in [0.1, 0.15) is 0 Å². The van der Waals surface area contributed by atoms with E-state index in [-0.39, 0.29) is 0 Å². The summed E-state index contributed by atoms with van der Waals surface area (Å²) in [6.07, 6.45) is 0. The quantitative estimate of drug-likeness (QED) is 0.126. The molecule has 2 nitrogen and oxygen atoms in total. The van der Waals surface area contributed by atoms with Gasteiger partial charge in [0.05, 0.1) is 11.4 Å². The fraction of sp³-hybridized carbons (Fsp3) is 0. The Balaban J connectivity index is 0.000000139. The lowest BCUT2D eigenvalue weighted by atomic mass is 9.93. The highest BCUT2D eigenvalue weighted by atomic mass is 32.1. The molecule has 0 aliphatic carbocycles. The third-order valence-electron chi connectivity index (χ3n) is 20.1. The largest absolute Gasteiger partial charge is 0.310 e. The van der Waals surface area contributed by atoms with Gasteiger partial charge in [0, 0.05) is 63.1 Å². The summed E-state index contributed by atoms with van der Waals surface area (Å²) in [6.45, 7) is 0. The predicted molar refractivity (Wildman–Crippen MR) is 435 cm³/mol. The average Bonchev–Trinajstić information content (AvgIpc) is 1.52. The van der Waals surface area contributed by atoms with Gasteiger partial charge in [-0.1, -0.05) is 291 Å². The van der Waals surface area contributed by atoms with Crippen LogP contribution in [0.15, 0.2) is 376 Å². The van der Waals surface area contributed by atoms with E-state index in [4.69, 9.17) is 0 Å². The number of rotatable bonds is 10. The zero-order valence-electron chi connectivity index (χ0n) is 54.5. The first-order chi connectivity index (χ1) is 49.6. The number of thiophene rings is 2. The lowest BCUT2D eigenvalue weighted by Crippen LogP contribution is -2.10. The van der Waals surface area contributed by atoms with E-state index in [1.807, 2.05) is 22.7 Å². The fourth-order valence-electron chi connectivity index (χ4n) is 15.2. The maximum absolute atomic E-state index is 2.45. The molecule has 0 radical (unpaired) electrons. The predicted octanol–water partition coefficient (Wildman–Crippen LogP) is 28.6. The highest BCUT2D eigenvalue weighted by Gasteiger charge is 2.24. The summed E-state index contributed by atoms with van der Waals surface area (Å²) < 4.78 is 5.26. The molecule has 0 N–H and O–H groups in total. The van der Waals surface area contributed by atoms with Crippen LogP contribution in [0.3, 0.4) is 0 Å². The Morgan fingerprint density at radius 1 is 0.180 bits per heavy atom. The van der Waals surface area contributed by atoms with Crippen LogP contribution < -0.4 is 9.80 Å². The monoisotopic (exact) mass is 1310 g/mol. The lowest BCUT2D eigenvalue weighted by Gasteiger charge is -2.27. The van der Waals surface area contributed by atoms with E-state index in [1.165, 1.54) is 161 Å². The molecule has 0 atom stereocenters. The molecule has 468 valence electrons. The summed E-state index contributed by atoms with van der Waals surface area (Å²) in [4.78, 5) is 4.89. The summed E-state index contributed by atoms with van der Waals surface area (Å²) in [5, 5.41) is 20.5. The molecule has 0 aliphatic heterocycles. The van der Waals surface area contributed by atoms with Gasteiger partial charge in [-0.05, 0) is 194 Å². The van der Waals surface area contributed by atoms with Crippen molar-refractivity contribution in [3.05, 3.63) is 376 Å². The van der Waals surface area contributed by atoms with Gasteiger partial charge >= 0.3 is 0 Å². The molecule has 0 bridgehead atoms. The Labute approximate surface area is 588 Å². The van der Waals surface area contributed by atoms with Crippen molar-refractivity contribution in [2.75, 3.05) is 9.80 Å². The molecule has 0 unspecified atom stereocenters. The Hall–Kier alpha value is -12.4.